The molecule has 5 heteroatoms. The van der Waals surface area contributed by atoms with Crippen LogP contribution in [0.1, 0.15) is 37.7 Å². The summed E-state index contributed by atoms with van der Waals surface area (Å²) in [5.74, 6) is -0.852. The van der Waals surface area contributed by atoms with E-state index in [0.717, 1.165) is 18.9 Å². The third-order valence-corrected chi connectivity index (χ3v) is 4.54. The minimum atomic E-state index is -0.616. The largest absolute Gasteiger partial charge is 0.352 e. The Morgan fingerprint density at radius 1 is 1.24 bits per heavy atom. The van der Waals surface area contributed by atoms with Gasteiger partial charge < -0.3 is 10.6 Å². The Morgan fingerprint density at radius 2 is 1.95 bits per heavy atom. The van der Waals surface area contributed by atoms with Gasteiger partial charge in [0, 0.05) is 36.7 Å². The average Bonchev–Trinajstić information content (AvgIpc) is 2.77. The van der Waals surface area contributed by atoms with Gasteiger partial charge in [-0.1, -0.05) is 6.07 Å². The van der Waals surface area contributed by atoms with E-state index in [0.29, 0.717) is 30.0 Å². The van der Waals surface area contributed by atoms with E-state index in [2.05, 4.69) is 10.6 Å². The zero-order valence-corrected chi connectivity index (χ0v) is 11.9. The number of rotatable bonds is 4. The van der Waals surface area contributed by atoms with E-state index in [1.807, 2.05) is 0 Å². The molecule has 2 aliphatic rings. The lowest BCUT2D eigenvalue weighted by Crippen LogP contribution is -2.39. The van der Waals surface area contributed by atoms with Crippen LogP contribution in [-0.4, -0.2) is 18.0 Å². The molecule has 21 heavy (non-hydrogen) atoms. The van der Waals surface area contributed by atoms with E-state index in [4.69, 9.17) is 0 Å². The van der Waals surface area contributed by atoms with E-state index < -0.39 is 11.6 Å². The SMILES string of the molecule is O=C(CC1CC2CCC(C1)N2)NCc1ccc(F)cc1F. The minimum Gasteiger partial charge on any atom is -0.352 e. The third-order valence-electron chi connectivity index (χ3n) is 4.54. The summed E-state index contributed by atoms with van der Waals surface area (Å²) in [7, 11) is 0. The van der Waals surface area contributed by atoms with Crippen molar-refractivity contribution >= 4 is 5.91 Å². The summed E-state index contributed by atoms with van der Waals surface area (Å²) >= 11 is 0. The van der Waals surface area contributed by atoms with E-state index >= 15 is 0 Å². The van der Waals surface area contributed by atoms with Gasteiger partial charge in [0.15, 0.2) is 0 Å². The maximum Gasteiger partial charge on any atom is 0.220 e. The smallest absolute Gasteiger partial charge is 0.220 e. The number of fused-ring (bicyclic) bond motifs is 2. The van der Waals surface area contributed by atoms with E-state index in [1.54, 1.807) is 0 Å². The van der Waals surface area contributed by atoms with Gasteiger partial charge >= 0.3 is 0 Å². The number of hydrogen-bond acceptors (Lipinski definition) is 2. The maximum absolute atomic E-state index is 13.5. The van der Waals surface area contributed by atoms with Crippen molar-refractivity contribution in [1.29, 1.82) is 0 Å². The zero-order valence-electron chi connectivity index (χ0n) is 11.9. The molecular formula is C16H20F2N2O. The summed E-state index contributed by atoms with van der Waals surface area (Å²) < 4.78 is 26.3. The molecule has 1 aromatic carbocycles. The molecule has 2 fully saturated rings. The maximum atomic E-state index is 13.5. The Hall–Kier alpha value is -1.49. The minimum absolute atomic E-state index is 0.0509. The number of hydrogen-bond donors (Lipinski definition) is 2. The van der Waals surface area contributed by atoms with Crippen LogP contribution in [-0.2, 0) is 11.3 Å². The van der Waals surface area contributed by atoms with Gasteiger partial charge in [-0.2, -0.15) is 0 Å². The monoisotopic (exact) mass is 294 g/mol. The molecule has 0 saturated carbocycles. The number of halogens is 2. The zero-order chi connectivity index (χ0) is 14.8. The molecule has 0 spiro atoms. The molecule has 0 radical (unpaired) electrons. The van der Waals surface area contributed by atoms with Gasteiger partial charge in [0.1, 0.15) is 11.6 Å². The van der Waals surface area contributed by atoms with Gasteiger partial charge in [-0.15, -0.1) is 0 Å². The van der Waals surface area contributed by atoms with Crippen molar-refractivity contribution in [3.63, 3.8) is 0 Å². The molecule has 2 heterocycles. The molecule has 2 unspecified atom stereocenters. The molecule has 3 rings (SSSR count). The van der Waals surface area contributed by atoms with Crippen molar-refractivity contribution in [2.24, 2.45) is 5.92 Å². The van der Waals surface area contributed by atoms with Crippen LogP contribution < -0.4 is 10.6 Å². The summed E-state index contributed by atoms with van der Waals surface area (Å²) in [6, 6.07) is 4.55. The van der Waals surface area contributed by atoms with Crippen molar-refractivity contribution < 1.29 is 13.6 Å². The highest BCUT2D eigenvalue weighted by Crippen LogP contribution is 2.32. The Labute approximate surface area is 123 Å². The highest BCUT2D eigenvalue weighted by Gasteiger charge is 2.34. The van der Waals surface area contributed by atoms with Crippen LogP contribution >= 0.6 is 0 Å². The Morgan fingerprint density at radius 3 is 2.62 bits per heavy atom. The summed E-state index contributed by atoms with van der Waals surface area (Å²) in [5.41, 5.74) is 0.315. The molecule has 114 valence electrons. The van der Waals surface area contributed by atoms with Crippen LogP contribution in [0.25, 0.3) is 0 Å². The predicted octanol–water partition coefficient (Wildman–Crippen LogP) is 2.50. The normalized spacial score (nSPS) is 27.6. The predicted molar refractivity (Wildman–Crippen MR) is 75.5 cm³/mol. The summed E-state index contributed by atoms with van der Waals surface area (Å²) in [6.45, 7) is 0.114. The summed E-state index contributed by atoms with van der Waals surface area (Å²) in [5, 5.41) is 6.28. The number of amides is 1. The van der Waals surface area contributed by atoms with Crippen molar-refractivity contribution in [1.82, 2.24) is 10.6 Å². The molecule has 0 aliphatic carbocycles. The molecule has 2 bridgehead atoms. The standard InChI is InChI=1S/C16H20F2N2O/c17-12-2-1-11(15(18)8-12)9-19-16(21)7-10-5-13-3-4-14(6-10)20-13/h1-2,8,10,13-14,20H,3-7,9H2,(H,19,21). The first-order valence-electron chi connectivity index (χ1n) is 7.57. The van der Waals surface area contributed by atoms with Crippen molar-refractivity contribution in [2.45, 2.75) is 50.7 Å². The topological polar surface area (TPSA) is 41.1 Å². The van der Waals surface area contributed by atoms with Crippen LogP contribution in [0, 0.1) is 17.6 Å². The van der Waals surface area contributed by atoms with Crippen molar-refractivity contribution in [3.8, 4) is 0 Å². The van der Waals surface area contributed by atoms with Crippen LogP contribution in [0.2, 0.25) is 0 Å². The molecule has 2 atom stereocenters. The van der Waals surface area contributed by atoms with E-state index in [-0.39, 0.29) is 12.5 Å². The average molecular weight is 294 g/mol. The quantitative estimate of drug-likeness (QED) is 0.896. The van der Waals surface area contributed by atoms with Gasteiger partial charge in [0.05, 0.1) is 0 Å². The number of piperidine rings is 1. The third kappa shape index (κ3) is 3.59. The lowest BCUT2D eigenvalue weighted by atomic mass is 9.89. The number of carbonyl (C=O) groups excluding carboxylic acids is 1. The lowest BCUT2D eigenvalue weighted by molar-refractivity contribution is -0.122. The molecule has 1 amide bonds. The Balaban J connectivity index is 1.48. The van der Waals surface area contributed by atoms with Crippen molar-refractivity contribution in [3.05, 3.63) is 35.4 Å². The molecule has 2 aliphatic heterocycles. The second-order valence-electron chi connectivity index (χ2n) is 6.19. The lowest BCUT2D eigenvalue weighted by Gasteiger charge is -2.28. The van der Waals surface area contributed by atoms with E-state index in [9.17, 15) is 13.6 Å². The second kappa shape index (κ2) is 6.10. The molecule has 1 aromatic rings. The number of nitrogens with one attached hydrogen (secondary N) is 2. The first kappa shape index (κ1) is 14.4. The van der Waals surface area contributed by atoms with Crippen LogP contribution in [0.5, 0.6) is 0 Å². The van der Waals surface area contributed by atoms with Gasteiger partial charge in [-0.05, 0) is 37.7 Å². The summed E-state index contributed by atoms with van der Waals surface area (Å²) in [4.78, 5) is 12.0. The molecule has 0 aromatic heterocycles. The molecule has 2 N–H and O–H groups in total. The van der Waals surface area contributed by atoms with Gasteiger partial charge in [-0.25, -0.2) is 8.78 Å². The molecular weight excluding hydrogens is 274 g/mol. The fraction of sp³-hybridized carbons (Fsp3) is 0.562. The number of carbonyl (C=O) groups is 1. The van der Waals surface area contributed by atoms with Crippen LogP contribution in [0.4, 0.5) is 8.78 Å². The van der Waals surface area contributed by atoms with Crippen LogP contribution in [0.3, 0.4) is 0 Å². The molecule has 3 nitrogen and oxygen atoms in total. The fourth-order valence-corrected chi connectivity index (χ4v) is 3.53. The van der Waals surface area contributed by atoms with Crippen LogP contribution in [0.15, 0.2) is 18.2 Å². The number of benzene rings is 1. The highest BCUT2D eigenvalue weighted by atomic mass is 19.1. The fourth-order valence-electron chi connectivity index (χ4n) is 3.53. The Kier molecular flexibility index (Phi) is 4.19. The Bertz CT molecular complexity index is 523. The van der Waals surface area contributed by atoms with Gasteiger partial charge in [-0.3, -0.25) is 4.79 Å². The highest BCUT2D eigenvalue weighted by molar-refractivity contribution is 5.76. The van der Waals surface area contributed by atoms with E-state index in [1.165, 1.54) is 25.0 Å². The molecule has 2 saturated heterocycles. The second-order valence-corrected chi connectivity index (χ2v) is 6.19. The first-order chi connectivity index (χ1) is 10.1. The van der Waals surface area contributed by atoms with Crippen molar-refractivity contribution in [2.75, 3.05) is 0 Å². The van der Waals surface area contributed by atoms with Gasteiger partial charge in [0.25, 0.3) is 0 Å². The summed E-state index contributed by atoms with van der Waals surface area (Å²) in [6.07, 6.45) is 5.02. The first-order valence-corrected chi connectivity index (χ1v) is 7.57. The van der Waals surface area contributed by atoms with Gasteiger partial charge in [0.2, 0.25) is 5.91 Å².